The van der Waals surface area contributed by atoms with E-state index in [1.807, 2.05) is 51.1 Å². The zero-order valence-electron chi connectivity index (χ0n) is 14.3. The van der Waals surface area contributed by atoms with Crippen molar-refractivity contribution in [2.75, 3.05) is 6.54 Å². The maximum Gasteiger partial charge on any atom is 0.306 e. The molecule has 0 saturated heterocycles. The third-order valence-electron chi connectivity index (χ3n) is 3.21. The van der Waals surface area contributed by atoms with E-state index >= 15 is 0 Å². The first-order valence-electron chi connectivity index (χ1n) is 8.07. The van der Waals surface area contributed by atoms with Crippen molar-refractivity contribution >= 4 is 11.9 Å². The van der Waals surface area contributed by atoms with Crippen LogP contribution in [0.15, 0.2) is 30.3 Å². The van der Waals surface area contributed by atoms with E-state index < -0.39 is 11.6 Å². The van der Waals surface area contributed by atoms with E-state index in [4.69, 9.17) is 10.5 Å². The number of carbonyl (C=O) groups excluding carboxylic acids is 2. The van der Waals surface area contributed by atoms with Crippen molar-refractivity contribution in [2.45, 2.75) is 58.1 Å². The summed E-state index contributed by atoms with van der Waals surface area (Å²) in [5.74, 6) is -0.431. The topological polar surface area (TPSA) is 81.4 Å². The van der Waals surface area contributed by atoms with Crippen LogP contribution in [0.2, 0.25) is 0 Å². The summed E-state index contributed by atoms with van der Waals surface area (Å²) in [7, 11) is 0. The lowest BCUT2D eigenvalue weighted by Gasteiger charge is -2.19. The van der Waals surface area contributed by atoms with Crippen molar-refractivity contribution in [2.24, 2.45) is 5.73 Å². The molecular formula is C18H28N2O3. The normalized spacial score (nSPS) is 12.5. The SMILES string of the molecule is CC(C)(C)OC(=O)CCC[C@H](N)C(=O)NCCc1ccccc1. The van der Waals surface area contributed by atoms with Crippen LogP contribution < -0.4 is 11.1 Å². The van der Waals surface area contributed by atoms with Crippen LogP contribution in [0.1, 0.15) is 45.6 Å². The Balaban J connectivity index is 2.17. The Morgan fingerprint density at radius 2 is 1.87 bits per heavy atom. The maximum absolute atomic E-state index is 11.9. The molecule has 0 fully saturated rings. The van der Waals surface area contributed by atoms with Crippen molar-refractivity contribution < 1.29 is 14.3 Å². The summed E-state index contributed by atoms with van der Waals surface area (Å²) in [6, 6.07) is 9.36. The molecule has 5 nitrogen and oxygen atoms in total. The lowest BCUT2D eigenvalue weighted by Crippen LogP contribution is -2.41. The number of benzene rings is 1. The van der Waals surface area contributed by atoms with E-state index in [9.17, 15) is 9.59 Å². The second kappa shape index (κ2) is 9.30. The molecule has 0 aliphatic heterocycles. The first-order valence-corrected chi connectivity index (χ1v) is 8.07. The van der Waals surface area contributed by atoms with Gasteiger partial charge in [-0.1, -0.05) is 30.3 Å². The van der Waals surface area contributed by atoms with Crippen molar-refractivity contribution in [1.29, 1.82) is 0 Å². The Kier molecular flexibility index (Phi) is 7.75. The predicted molar refractivity (Wildman–Crippen MR) is 90.8 cm³/mol. The van der Waals surface area contributed by atoms with Gasteiger partial charge in [-0.15, -0.1) is 0 Å². The summed E-state index contributed by atoms with van der Waals surface area (Å²) in [4.78, 5) is 23.5. The van der Waals surface area contributed by atoms with E-state index in [0.29, 0.717) is 19.4 Å². The van der Waals surface area contributed by atoms with E-state index in [1.165, 1.54) is 5.56 Å². The number of esters is 1. The average molecular weight is 320 g/mol. The van der Waals surface area contributed by atoms with E-state index in [-0.39, 0.29) is 18.3 Å². The average Bonchev–Trinajstić information content (AvgIpc) is 2.46. The van der Waals surface area contributed by atoms with Crippen LogP contribution in [0.5, 0.6) is 0 Å². The predicted octanol–water partition coefficient (Wildman–Crippen LogP) is 2.18. The first-order chi connectivity index (χ1) is 10.8. The first kappa shape index (κ1) is 19.2. The maximum atomic E-state index is 11.9. The van der Waals surface area contributed by atoms with Crippen LogP contribution in [0, 0.1) is 0 Å². The minimum Gasteiger partial charge on any atom is -0.460 e. The summed E-state index contributed by atoms with van der Waals surface area (Å²) in [6.45, 7) is 6.05. The minimum absolute atomic E-state index is 0.176. The smallest absolute Gasteiger partial charge is 0.306 e. The van der Waals surface area contributed by atoms with Gasteiger partial charge in [0, 0.05) is 13.0 Å². The summed E-state index contributed by atoms with van der Waals surface area (Å²) in [5, 5.41) is 2.83. The molecule has 1 amide bonds. The largest absolute Gasteiger partial charge is 0.460 e. The molecule has 0 radical (unpaired) electrons. The summed E-state index contributed by atoms with van der Waals surface area (Å²) in [5.41, 5.74) is 6.54. The molecule has 23 heavy (non-hydrogen) atoms. The van der Waals surface area contributed by atoms with Crippen LogP contribution in [-0.4, -0.2) is 30.1 Å². The summed E-state index contributed by atoms with van der Waals surface area (Å²) >= 11 is 0. The fourth-order valence-electron chi connectivity index (χ4n) is 2.10. The second-order valence-electron chi connectivity index (χ2n) is 6.61. The van der Waals surface area contributed by atoms with Gasteiger partial charge in [0.15, 0.2) is 0 Å². The fraction of sp³-hybridized carbons (Fsp3) is 0.556. The summed E-state index contributed by atoms with van der Waals surface area (Å²) in [6.07, 6.45) is 2.07. The monoisotopic (exact) mass is 320 g/mol. The number of rotatable bonds is 8. The zero-order valence-corrected chi connectivity index (χ0v) is 14.3. The van der Waals surface area contributed by atoms with Crippen LogP contribution >= 0.6 is 0 Å². The Morgan fingerprint density at radius 3 is 2.48 bits per heavy atom. The molecule has 128 valence electrons. The lowest BCUT2D eigenvalue weighted by molar-refractivity contribution is -0.155. The highest BCUT2D eigenvalue weighted by Crippen LogP contribution is 2.10. The van der Waals surface area contributed by atoms with Gasteiger partial charge < -0.3 is 15.8 Å². The number of hydrogen-bond acceptors (Lipinski definition) is 4. The highest BCUT2D eigenvalue weighted by atomic mass is 16.6. The van der Waals surface area contributed by atoms with Crippen LogP contribution in [0.4, 0.5) is 0 Å². The van der Waals surface area contributed by atoms with Crippen molar-refractivity contribution in [3.63, 3.8) is 0 Å². The fourth-order valence-corrected chi connectivity index (χ4v) is 2.10. The quantitative estimate of drug-likeness (QED) is 0.719. The van der Waals surface area contributed by atoms with Crippen LogP contribution in [0.25, 0.3) is 0 Å². The van der Waals surface area contributed by atoms with Crippen molar-refractivity contribution in [1.82, 2.24) is 5.32 Å². The van der Waals surface area contributed by atoms with E-state index in [1.54, 1.807) is 0 Å². The van der Waals surface area contributed by atoms with Crippen LogP contribution in [-0.2, 0) is 20.7 Å². The molecule has 0 saturated carbocycles. The van der Waals surface area contributed by atoms with Gasteiger partial charge in [-0.2, -0.15) is 0 Å². The van der Waals surface area contributed by atoms with E-state index in [0.717, 1.165) is 6.42 Å². The minimum atomic E-state index is -0.590. The molecule has 0 bridgehead atoms. The molecule has 1 atom stereocenters. The molecule has 1 aromatic carbocycles. The number of carbonyl (C=O) groups is 2. The third-order valence-corrected chi connectivity index (χ3v) is 3.21. The van der Waals surface area contributed by atoms with Gasteiger partial charge in [0.1, 0.15) is 5.60 Å². The molecule has 0 heterocycles. The molecule has 0 aromatic heterocycles. The number of ether oxygens (including phenoxy) is 1. The molecule has 1 rings (SSSR count). The Hall–Kier alpha value is -1.88. The van der Waals surface area contributed by atoms with Gasteiger partial charge in [-0.05, 0) is 45.6 Å². The highest BCUT2D eigenvalue weighted by molar-refractivity contribution is 5.81. The molecule has 0 aliphatic rings. The highest BCUT2D eigenvalue weighted by Gasteiger charge is 2.17. The standard InChI is InChI=1S/C18H28N2O3/c1-18(2,3)23-16(21)11-7-10-15(19)17(22)20-13-12-14-8-5-4-6-9-14/h4-6,8-9,15H,7,10-13,19H2,1-3H3,(H,20,22)/t15-/m0/s1. The summed E-state index contributed by atoms with van der Waals surface area (Å²) < 4.78 is 5.21. The van der Waals surface area contributed by atoms with Crippen molar-refractivity contribution in [3.05, 3.63) is 35.9 Å². The number of nitrogens with two attached hydrogens (primary N) is 1. The van der Waals surface area contributed by atoms with Gasteiger partial charge in [0.2, 0.25) is 5.91 Å². The van der Waals surface area contributed by atoms with Gasteiger partial charge in [0.25, 0.3) is 0 Å². The number of nitrogens with one attached hydrogen (secondary N) is 1. The van der Waals surface area contributed by atoms with Gasteiger partial charge in [0.05, 0.1) is 6.04 Å². The Bertz CT molecular complexity index is 495. The van der Waals surface area contributed by atoms with Crippen LogP contribution in [0.3, 0.4) is 0 Å². The van der Waals surface area contributed by atoms with E-state index in [2.05, 4.69) is 5.32 Å². The Morgan fingerprint density at radius 1 is 1.22 bits per heavy atom. The second-order valence-corrected chi connectivity index (χ2v) is 6.61. The van der Waals surface area contributed by atoms with Crippen molar-refractivity contribution in [3.8, 4) is 0 Å². The van der Waals surface area contributed by atoms with Gasteiger partial charge >= 0.3 is 5.97 Å². The van der Waals surface area contributed by atoms with Gasteiger partial charge in [-0.25, -0.2) is 0 Å². The molecule has 0 aliphatic carbocycles. The number of amides is 1. The molecule has 1 aromatic rings. The molecule has 3 N–H and O–H groups in total. The molecular weight excluding hydrogens is 292 g/mol. The zero-order chi connectivity index (χ0) is 17.3. The molecule has 5 heteroatoms. The number of hydrogen-bond donors (Lipinski definition) is 2. The third kappa shape index (κ3) is 8.98. The molecule has 0 spiro atoms. The molecule has 0 unspecified atom stereocenters. The lowest BCUT2D eigenvalue weighted by atomic mass is 10.1. The Labute approximate surface area is 138 Å². The van der Waals surface area contributed by atoms with Gasteiger partial charge in [-0.3, -0.25) is 9.59 Å².